The summed E-state index contributed by atoms with van der Waals surface area (Å²) >= 11 is 0. The number of nitrogens with two attached hydrogens (primary N) is 1. The van der Waals surface area contributed by atoms with E-state index in [1.54, 1.807) is 0 Å². The number of fused-ring (bicyclic) bond motifs is 1. The Bertz CT molecular complexity index is 650. The summed E-state index contributed by atoms with van der Waals surface area (Å²) in [6.07, 6.45) is 3.29. The van der Waals surface area contributed by atoms with Gasteiger partial charge < -0.3 is 36.4 Å². The van der Waals surface area contributed by atoms with Gasteiger partial charge >= 0.3 is 5.97 Å². The normalized spacial score (nSPS) is 32.0. The summed E-state index contributed by atoms with van der Waals surface area (Å²) in [6, 6.07) is -2.99. The number of carboxylic acids is 1. The molecule has 1 saturated heterocycles. The third-order valence-electron chi connectivity index (χ3n) is 5.32. The summed E-state index contributed by atoms with van der Waals surface area (Å²) in [5, 5.41) is 41.7. The number of aliphatic hydroxyl groups is 3. The van der Waals surface area contributed by atoms with Gasteiger partial charge in [-0.1, -0.05) is 6.42 Å². The Morgan fingerprint density at radius 3 is 2.32 bits per heavy atom. The van der Waals surface area contributed by atoms with Gasteiger partial charge in [0.15, 0.2) is 0 Å². The van der Waals surface area contributed by atoms with Crippen molar-refractivity contribution in [3.8, 4) is 12.3 Å². The molecule has 1 saturated carbocycles. The quantitative estimate of drug-likeness (QED) is 0.139. The predicted octanol–water partition coefficient (Wildman–Crippen LogP) is -2.61. The summed E-state index contributed by atoms with van der Waals surface area (Å²) < 4.78 is 0. The van der Waals surface area contributed by atoms with Gasteiger partial charge in [-0.15, -0.1) is 12.3 Å². The van der Waals surface area contributed by atoms with Crippen molar-refractivity contribution in [2.45, 2.75) is 68.5 Å². The maximum absolute atomic E-state index is 12.7. The standard InChI is InChI=1S/C18H27N3O7/c1-2-3-4-5-6-7-10(22)20-9(8-19)17(26)21-12-11(18(27)28)14(23)16(25)15(24)13(12)21/h1,9,11-16,23-25H,3-8,19H2,(H,20,22)(H,27,28). The van der Waals surface area contributed by atoms with Crippen molar-refractivity contribution in [1.29, 1.82) is 0 Å². The Labute approximate surface area is 162 Å². The molecule has 0 radical (unpaired) electrons. The number of likely N-dealkylation sites (tertiary alicyclic amines) is 1. The topological polar surface area (TPSA) is 173 Å². The van der Waals surface area contributed by atoms with E-state index in [1.807, 2.05) is 0 Å². The second-order valence-corrected chi connectivity index (χ2v) is 7.18. The Kier molecular flexibility index (Phi) is 7.37. The zero-order valence-electron chi connectivity index (χ0n) is 15.4. The number of unbranched alkanes of at least 4 members (excludes halogenated alkanes) is 3. The van der Waals surface area contributed by atoms with Gasteiger partial charge in [-0.2, -0.15) is 0 Å². The molecule has 0 aromatic rings. The van der Waals surface area contributed by atoms with Crippen molar-refractivity contribution in [3.05, 3.63) is 0 Å². The number of hydrogen-bond acceptors (Lipinski definition) is 7. The molecule has 2 aliphatic rings. The molecule has 1 heterocycles. The molecule has 0 bridgehead atoms. The second-order valence-electron chi connectivity index (χ2n) is 7.18. The highest BCUT2D eigenvalue weighted by molar-refractivity contribution is 5.91. The van der Waals surface area contributed by atoms with Crippen LogP contribution in [-0.2, 0) is 14.4 Å². The van der Waals surface area contributed by atoms with Gasteiger partial charge in [0.2, 0.25) is 11.8 Å². The third kappa shape index (κ3) is 4.44. The number of nitrogens with zero attached hydrogens (tertiary/aromatic N) is 1. The lowest BCUT2D eigenvalue weighted by Gasteiger charge is -2.30. The van der Waals surface area contributed by atoms with Crippen LogP contribution in [-0.4, -0.2) is 86.1 Å². The van der Waals surface area contributed by atoms with E-state index in [0.29, 0.717) is 12.8 Å². The number of carboxylic acid groups (broad SMARTS) is 1. The van der Waals surface area contributed by atoms with Crippen LogP contribution in [0.3, 0.4) is 0 Å². The van der Waals surface area contributed by atoms with E-state index in [4.69, 9.17) is 12.2 Å². The van der Waals surface area contributed by atoms with Crippen molar-refractivity contribution in [2.75, 3.05) is 6.54 Å². The minimum Gasteiger partial charge on any atom is -0.481 e. The first-order valence-corrected chi connectivity index (χ1v) is 9.28. The molecule has 10 heteroatoms. The fourth-order valence-electron chi connectivity index (χ4n) is 3.78. The monoisotopic (exact) mass is 397 g/mol. The smallest absolute Gasteiger partial charge is 0.311 e. The van der Waals surface area contributed by atoms with E-state index in [9.17, 15) is 34.8 Å². The van der Waals surface area contributed by atoms with Crippen LogP contribution in [0.25, 0.3) is 0 Å². The Hall–Kier alpha value is -2.19. The van der Waals surface area contributed by atoms with Crippen LogP contribution < -0.4 is 11.1 Å². The number of terminal acetylenes is 1. The van der Waals surface area contributed by atoms with Gasteiger partial charge in [0, 0.05) is 19.4 Å². The minimum absolute atomic E-state index is 0.193. The summed E-state index contributed by atoms with van der Waals surface area (Å²) in [6.45, 7) is -0.212. The van der Waals surface area contributed by atoms with Gasteiger partial charge in [-0.3, -0.25) is 14.4 Å². The lowest BCUT2D eigenvalue weighted by molar-refractivity contribution is -0.156. The van der Waals surface area contributed by atoms with E-state index in [0.717, 1.165) is 17.7 Å². The van der Waals surface area contributed by atoms with Gasteiger partial charge in [0.1, 0.15) is 24.2 Å². The maximum atomic E-state index is 12.7. The van der Waals surface area contributed by atoms with Gasteiger partial charge in [0.05, 0.1) is 18.2 Å². The molecule has 1 aliphatic carbocycles. The number of amides is 2. The summed E-state index contributed by atoms with van der Waals surface area (Å²) in [7, 11) is 0. The van der Waals surface area contributed by atoms with Crippen molar-refractivity contribution in [2.24, 2.45) is 11.7 Å². The van der Waals surface area contributed by atoms with E-state index in [1.165, 1.54) is 0 Å². The van der Waals surface area contributed by atoms with Crippen molar-refractivity contribution in [3.63, 3.8) is 0 Å². The number of rotatable bonds is 9. The first-order chi connectivity index (χ1) is 13.3. The van der Waals surface area contributed by atoms with E-state index < -0.39 is 54.2 Å². The molecule has 2 amide bonds. The fourth-order valence-corrected chi connectivity index (χ4v) is 3.78. The predicted molar refractivity (Wildman–Crippen MR) is 96.5 cm³/mol. The molecule has 28 heavy (non-hydrogen) atoms. The van der Waals surface area contributed by atoms with E-state index in [2.05, 4.69) is 11.2 Å². The number of hydrogen-bond donors (Lipinski definition) is 6. The number of carbonyl (C=O) groups excluding carboxylic acids is 2. The van der Waals surface area contributed by atoms with E-state index >= 15 is 0 Å². The molecular weight excluding hydrogens is 370 g/mol. The Balaban J connectivity index is 1.97. The average Bonchev–Trinajstić information content (AvgIpc) is 3.38. The first-order valence-electron chi connectivity index (χ1n) is 9.28. The summed E-state index contributed by atoms with van der Waals surface area (Å²) in [4.78, 5) is 37.3. The molecule has 10 nitrogen and oxygen atoms in total. The molecule has 0 aromatic carbocycles. The van der Waals surface area contributed by atoms with Crippen LogP contribution in [0.2, 0.25) is 0 Å². The number of aliphatic carboxylic acids is 1. The minimum atomic E-state index is -1.71. The Morgan fingerprint density at radius 1 is 1.07 bits per heavy atom. The molecule has 2 fully saturated rings. The second kappa shape index (κ2) is 9.34. The molecule has 156 valence electrons. The van der Waals surface area contributed by atoms with Crippen molar-refractivity contribution < 1.29 is 34.8 Å². The molecule has 7 atom stereocenters. The summed E-state index contributed by atoms with van der Waals surface area (Å²) in [5.74, 6) is -1.32. The highest BCUT2D eigenvalue weighted by atomic mass is 16.4. The molecule has 7 unspecified atom stereocenters. The maximum Gasteiger partial charge on any atom is 0.311 e. The first kappa shape index (κ1) is 22.1. The number of nitrogens with one attached hydrogen (secondary N) is 1. The van der Waals surface area contributed by atoms with Crippen LogP contribution in [0.5, 0.6) is 0 Å². The third-order valence-corrected chi connectivity index (χ3v) is 5.32. The highest BCUT2D eigenvalue weighted by Gasteiger charge is 2.68. The molecule has 2 rings (SSSR count). The van der Waals surface area contributed by atoms with Crippen molar-refractivity contribution >= 4 is 17.8 Å². The summed E-state index contributed by atoms with van der Waals surface area (Å²) in [5.41, 5.74) is 5.59. The van der Waals surface area contributed by atoms with Crippen LogP contribution in [0.1, 0.15) is 32.1 Å². The van der Waals surface area contributed by atoms with Crippen LogP contribution in [0.4, 0.5) is 0 Å². The zero-order chi connectivity index (χ0) is 21.0. The fraction of sp³-hybridized carbons (Fsp3) is 0.722. The van der Waals surface area contributed by atoms with Crippen molar-refractivity contribution in [1.82, 2.24) is 10.2 Å². The molecule has 0 spiro atoms. The lowest BCUT2D eigenvalue weighted by Crippen LogP contribution is -2.53. The highest BCUT2D eigenvalue weighted by Crippen LogP contribution is 2.45. The average molecular weight is 397 g/mol. The zero-order valence-corrected chi connectivity index (χ0v) is 15.4. The van der Waals surface area contributed by atoms with Crippen LogP contribution in [0, 0.1) is 18.3 Å². The van der Waals surface area contributed by atoms with Gasteiger partial charge in [-0.25, -0.2) is 0 Å². The molecule has 1 aliphatic heterocycles. The van der Waals surface area contributed by atoms with Gasteiger partial charge in [0.25, 0.3) is 0 Å². The lowest BCUT2D eigenvalue weighted by atomic mass is 9.83. The number of aliphatic hydroxyl groups excluding tert-OH is 3. The Morgan fingerprint density at radius 2 is 1.75 bits per heavy atom. The molecule has 7 N–H and O–H groups in total. The molecular formula is C18H27N3O7. The van der Waals surface area contributed by atoms with Gasteiger partial charge in [-0.05, 0) is 12.8 Å². The van der Waals surface area contributed by atoms with E-state index in [-0.39, 0.29) is 18.9 Å². The van der Waals surface area contributed by atoms with Crippen LogP contribution in [0.15, 0.2) is 0 Å². The van der Waals surface area contributed by atoms with Crippen LogP contribution >= 0.6 is 0 Å². The largest absolute Gasteiger partial charge is 0.481 e. The number of carbonyl (C=O) groups is 3. The SMILES string of the molecule is C#CCCCCCC(=O)NC(CN)C(=O)N1C2C(O)C(O)C(O)C(C(=O)O)C21. The molecule has 0 aromatic heterocycles.